The summed E-state index contributed by atoms with van der Waals surface area (Å²) in [5.74, 6) is 0.948. The molecule has 0 saturated carbocycles. The molecule has 1 aromatic heterocycles. The predicted molar refractivity (Wildman–Crippen MR) is 73.8 cm³/mol. The van der Waals surface area contributed by atoms with Crippen molar-refractivity contribution < 1.29 is 5.11 Å². The number of nitrogens with zero attached hydrogens (tertiary/aromatic N) is 3. The molecule has 1 aromatic rings. The molecule has 0 radical (unpaired) electrons. The molecule has 1 N–H and O–H groups in total. The van der Waals surface area contributed by atoms with Crippen LogP contribution in [-0.4, -0.2) is 47.7 Å². The van der Waals surface area contributed by atoms with Crippen molar-refractivity contribution in [2.24, 2.45) is 0 Å². The highest BCUT2D eigenvalue weighted by atomic mass is 16.3. The molecular weight excluding hydrogens is 226 g/mol. The zero-order valence-corrected chi connectivity index (χ0v) is 11.3. The van der Waals surface area contributed by atoms with E-state index < -0.39 is 6.10 Å². The molecule has 1 atom stereocenters. The van der Waals surface area contributed by atoms with Gasteiger partial charge in [0.1, 0.15) is 5.82 Å². The molecule has 1 aliphatic heterocycles. The maximum absolute atomic E-state index is 9.79. The summed E-state index contributed by atoms with van der Waals surface area (Å²) in [5.41, 5.74) is 0.932. The van der Waals surface area contributed by atoms with Gasteiger partial charge in [-0.25, -0.2) is 4.98 Å². The van der Waals surface area contributed by atoms with E-state index in [0.29, 0.717) is 0 Å². The summed E-state index contributed by atoms with van der Waals surface area (Å²) in [6, 6.07) is 3.85. The maximum atomic E-state index is 9.79. The molecule has 2 heterocycles. The Kier molecular flexibility index (Phi) is 4.55. The summed E-state index contributed by atoms with van der Waals surface area (Å²) in [6.07, 6.45) is 2.56. The number of hydrogen-bond donors (Lipinski definition) is 1. The standard InChI is InChI=1S/C14H23N3O/c1-3-7-16-8-10-17(11-9-16)14-13(12(2)18)5-4-6-15-14/h4-6,12,18H,3,7-11H2,1-2H3/t12-/m0/s1. The van der Waals surface area contributed by atoms with Crippen LogP contribution in [0.25, 0.3) is 0 Å². The minimum Gasteiger partial charge on any atom is -0.389 e. The summed E-state index contributed by atoms with van der Waals surface area (Å²) < 4.78 is 0. The van der Waals surface area contributed by atoms with E-state index >= 15 is 0 Å². The molecule has 0 bridgehead atoms. The molecule has 0 amide bonds. The Morgan fingerprint density at radius 2 is 2.06 bits per heavy atom. The van der Waals surface area contributed by atoms with Gasteiger partial charge >= 0.3 is 0 Å². The maximum Gasteiger partial charge on any atom is 0.134 e. The molecule has 1 aliphatic rings. The van der Waals surface area contributed by atoms with E-state index in [1.165, 1.54) is 13.0 Å². The van der Waals surface area contributed by atoms with Crippen LogP contribution in [0.4, 0.5) is 5.82 Å². The second kappa shape index (κ2) is 6.16. The van der Waals surface area contributed by atoms with E-state index in [0.717, 1.165) is 37.6 Å². The first kappa shape index (κ1) is 13.3. The van der Waals surface area contributed by atoms with E-state index in [4.69, 9.17) is 0 Å². The summed E-state index contributed by atoms with van der Waals surface area (Å²) in [5, 5.41) is 9.79. The topological polar surface area (TPSA) is 39.6 Å². The van der Waals surface area contributed by atoms with Gasteiger partial charge < -0.3 is 10.0 Å². The fourth-order valence-electron chi connectivity index (χ4n) is 2.50. The smallest absolute Gasteiger partial charge is 0.134 e. The molecule has 1 fully saturated rings. The summed E-state index contributed by atoms with van der Waals surface area (Å²) in [4.78, 5) is 9.22. The summed E-state index contributed by atoms with van der Waals surface area (Å²) in [6.45, 7) is 9.37. The fourth-order valence-corrected chi connectivity index (χ4v) is 2.50. The minimum absolute atomic E-state index is 0.456. The third kappa shape index (κ3) is 3.00. The van der Waals surface area contributed by atoms with Crippen molar-refractivity contribution in [2.45, 2.75) is 26.4 Å². The van der Waals surface area contributed by atoms with Gasteiger partial charge in [0, 0.05) is 37.9 Å². The lowest BCUT2D eigenvalue weighted by molar-refractivity contribution is 0.198. The van der Waals surface area contributed by atoms with Crippen LogP contribution >= 0.6 is 0 Å². The highest BCUT2D eigenvalue weighted by Gasteiger charge is 2.20. The van der Waals surface area contributed by atoms with Crippen LogP contribution in [0.5, 0.6) is 0 Å². The average molecular weight is 249 g/mol. The van der Waals surface area contributed by atoms with Crippen LogP contribution in [0, 0.1) is 0 Å². The summed E-state index contributed by atoms with van der Waals surface area (Å²) in [7, 11) is 0. The predicted octanol–water partition coefficient (Wildman–Crippen LogP) is 1.67. The largest absolute Gasteiger partial charge is 0.389 e. The third-order valence-electron chi connectivity index (χ3n) is 3.48. The first-order valence-electron chi connectivity index (χ1n) is 6.82. The van der Waals surface area contributed by atoms with Gasteiger partial charge in [-0.05, 0) is 26.0 Å². The van der Waals surface area contributed by atoms with E-state index in [1.54, 1.807) is 13.1 Å². The number of pyridine rings is 1. The molecule has 18 heavy (non-hydrogen) atoms. The molecule has 4 nitrogen and oxygen atoms in total. The van der Waals surface area contributed by atoms with Crippen molar-refractivity contribution in [2.75, 3.05) is 37.6 Å². The van der Waals surface area contributed by atoms with Crippen LogP contribution in [0.15, 0.2) is 18.3 Å². The Morgan fingerprint density at radius 3 is 2.67 bits per heavy atom. The van der Waals surface area contributed by atoms with Crippen LogP contribution in [-0.2, 0) is 0 Å². The van der Waals surface area contributed by atoms with Crippen LogP contribution in [0.1, 0.15) is 31.9 Å². The van der Waals surface area contributed by atoms with Crippen molar-refractivity contribution in [1.82, 2.24) is 9.88 Å². The van der Waals surface area contributed by atoms with Crippen LogP contribution < -0.4 is 4.90 Å². The molecular formula is C14H23N3O. The highest BCUT2D eigenvalue weighted by molar-refractivity contribution is 5.48. The molecule has 0 aliphatic carbocycles. The van der Waals surface area contributed by atoms with Crippen molar-refractivity contribution in [1.29, 1.82) is 0 Å². The van der Waals surface area contributed by atoms with Gasteiger partial charge in [-0.2, -0.15) is 0 Å². The lowest BCUT2D eigenvalue weighted by Gasteiger charge is -2.36. The monoisotopic (exact) mass is 249 g/mol. The van der Waals surface area contributed by atoms with E-state index in [9.17, 15) is 5.11 Å². The van der Waals surface area contributed by atoms with Gasteiger partial charge in [0.25, 0.3) is 0 Å². The second-order valence-corrected chi connectivity index (χ2v) is 4.92. The Hall–Kier alpha value is -1.13. The lowest BCUT2D eigenvalue weighted by Crippen LogP contribution is -2.47. The van der Waals surface area contributed by atoms with Gasteiger partial charge in [0.15, 0.2) is 0 Å². The van der Waals surface area contributed by atoms with E-state index in [2.05, 4.69) is 21.7 Å². The van der Waals surface area contributed by atoms with Crippen molar-refractivity contribution in [3.63, 3.8) is 0 Å². The Labute approximate surface area is 109 Å². The molecule has 100 valence electrons. The first-order valence-corrected chi connectivity index (χ1v) is 6.82. The number of aliphatic hydroxyl groups is 1. The van der Waals surface area contributed by atoms with Gasteiger partial charge in [0.05, 0.1) is 6.10 Å². The van der Waals surface area contributed by atoms with Gasteiger partial charge in [0.2, 0.25) is 0 Å². The van der Waals surface area contributed by atoms with Crippen LogP contribution in [0.2, 0.25) is 0 Å². The lowest BCUT2D eigenvalue weighted by atomic mass is 10.1. The Bertz CT molecular complexity index is 373. The zero-order valence-electron chi connectivity index (χ0n) is 11.3. The van der Waals surface area contributed by atoms with Crippen molar-refractivity contribution >= 4 is 5.82 Å². The normalized spacial score (nSPS) is 18.9. The first-order chi connectivity index (χ1) is 8.72. The van der Waals surface area contributed by atoms with Crippen molar-refractivity contribution in [3.05, 3.63) is 23.9 Å². The van der Waals surface area contributed by atoms with E-state index in [1.807, 2.05) is 12.1 Å². The fraction of sp³-hybridized carbons (Fsp3) is 0.643. The minimum atomic E-state index is -0.456. The quantitative estimate of drug-likeness (QED) is 0.881. The van der Waals surface area contributed by atoms with Gasteiger partial charge in [-0.15, -0.1) is 0 Å². The number of piperazine rings is 1. The third-order valence-corrected chi connectivity index (χ3v) is 3.48. The average Bonchev–Trinajstić information content (AvgIpc) is 2.40. The molecule has 0 spiro atoms. The number of aromatic nitrogens is 1. The number of rotatable bonds is 4. The summed E-state index contributed by atoms with van der Waals surface area (Å²) >= 11 is 0. The molecule has 0 aromatic carbocycles. The van der Waals surface area contributed by atoms with Crippen LogP contribution in [0.3, 0.4) is 0 Å². The second-order valence-electron chi connectivity index (χ2n) is 4.92. The number of aliphatic hydroxyl groups excluding tert-OH is 1. The van der Waals surface area contributed by atoms with Gasteiger partial charge in [-0.3, -0.25) is 4.90 Å². The number of anilines is 1. The molecule has 0 unspecified atom stereocenters. The molecule has 2 rings (SSSR count). The Morgan fingerprint density at radius 1 is 1.33 bits per heavy atom. The van der Waals surface area contributed by atoms with E-state index in [-0.39, 0.29) is 0 Å². The number of hydrogen-bond acceptors (Lipinski definition) is 4. The van der Waals surface area contributed by atoms with Crippen molar-refractivity contribution in [3.8, 4) is 0 Å². The Balaban J connectivity index is 2.05. The SMILES string of the molecule is CCCN1CCN(c2ncccc2[C@H](C)O)CC1. The molecule has 1 saturated heterocycles. The zero-order chi connectivity index (χ0) is 13.0. The molecule has 4 heteroatoms. The van der Waals surface area contributed by atoms with Gasteiger partial charge in [-0.1, -0.05) is 13.0 Å². The highest BCUT2D eigenvalue weighted by Crippen LogP contribution is 2.24.